The Kier molecular flexibility index (Phi) is 4.84. The van der Waals surface area contributed by atoms with Crippen molar-refractivity contribution >= 4 is 0 Å². The van der Waals surface area contributed by atoms with Gasteiger partial charge in [0, 0.05) is 44.5 Å². The van der Waals surface area contributed by atoms with Crippen LogP contribution in [0.2, 0.25) is 0 Å². The molecule has 1 aromatic carbocycles. The van der Waals surface area contributed by atoms with E-state index < -0.39 is 0 Å². The number of benzene rings is 1. The van der Waals surface area contributed by atoms with Gasteiger partial charge in [-0.05, 0) is 5.56 Å². The zero-order valence-corrected chi connectivity index (χ0v) is 12.7. The van der Waals surface area contributed by atoms with Gasteiger partial charge in [0.05, 0.1) is 25.4 Å². The number of hydrogen-bond acceptors (Lipinski definition) is 4. The molecule has 0 radical (unpaired) electrons. The van der Waals surface area contributed by atoms with Gasteiger partial charge in [-0.3, -0.25) is 14.5 Å². The molecule has 0 aliphatic carbocycles. The Morgan fingerprint density at radius 1 is 0.955 bits per heavy atom. The maximum Gasteiger partial charge on any atom is 0.0866 e. The fraction of sp³-hybridized carbons (Fsp3) is 0.412. The molecule has 5 heteroatoms. The Bertz CT molecular complexity index is 620. The van der Waals surface area contributed by atoms with Crippen molar-refractivity contribution in [2.45, 2.75) is 13.1 Å². The van der Waals surface area contributed by atoms with E-state index in [0.717, 1.165) is 39.3 Å². The SMILES string of the molecule is N#CCN1CCN(Cc2cnn(Cc3ccccc3)c2)CC1. The average Bonchev–Trinajstić information content (AvgIpc) is 2.98. The fourth-order valence-electron chi connectivity index (χ4n) is 2.81. The van der Waals surface area contributed by atoms with E-state index in [4.69, 9.17) is 5.26 Å². The Morgan fingerprint density at radius 2 is 1.68 bits per heavy atom. The summed E-state index contributed by atoms with van der Waals surface area (Å²) < 4.78 is 2.00. The smallest absolute Gasteiger partial charge is 0.0866 e. The minimum atomic E-state index is 0.544. The van der Waals surface area contributed by atoms with Crippen LogP contribution in [0.3, 0.4) is 0 Å². The molecule has 0 spiro atoms. The molecule has 0 bridgehead atoms. The van der Waals surface area contributed by atoms with Crippen molar-refractivity contribution in [3.63, 3.8) is 0 Å². The second kappa shape index (κ2) is 7.21. The molecule has 1 aromatic heterocycles. The summed E-state index contributed by atoms with van der Waals surface area (Å²) in [6.07, 6.45) is 4.10. The van der Waals surface area contributed by atoms with Crippen LogP contribution in [-0.4, -0.2) is 52.3 Å². The van der Waals surface area contributed by atoms with Crippen LogP contribution in [0.15, 0.2) is 42.7 Å². The van der Waals surface area contributed by atoms with Crippen LogP contribution in [0.25, 0.3) is 0 Å². The molecule has 0 unspecified atom stereocenters. The van der Waals surface area contributed by atoms with Gasteiger partial charge in [-0.2, -0.15) is 10.4 Å². The van der Waals surface area contributed by atoms with Crippen LogP contribution >= 0.6 is 0 Å². The van der Waals surface area contributed by atoms with E-state index in [9.17, 15) is 0 Å². The third-order valence-corrected chi connectivity index (χ3v) is 4.04. The quantitative estimate of drug-likeness (QED) is 0.786. The first kappa shape index (κ1) is 14.8. The van der Waals surface area contributed by atoms with Crippen molar-refractivity contribution < 1.29 is 0 Å². The van der Waals surface area contributed by atoms with Crippen LogP contribution in [0.5, 0.6) is 0 Å². The topological polar surface area (TPSA) is 48.1 Å². The van der Waals surface area contributed by atoms with Gasteiger partial charge in [0.1, 0.15) is 0 Å². The molecule has 0 atom stereocenters. The molecule has 1 fully saturated rings. The van der Waals surface area contributed by atoms with Crippen molar-refractivity contribution in [2.75, 3.05) is 32.7 Å². The highest BCUT2D eigenvalue weighted by molar-refractivity contribution is 5.15. The molecule has 0 N–H and O–H groups in total. The molecule has 0 amide bonds. The second-order valence-corrected chi connectivity index (χ2v) is 5.74. The number of nitriles is 1. The lowest BCUT2D eigenvalue weighted by Crippen LogP contribution is -2.45. The summed E-state index contributed by atoms with van der Waals surface area (Å²) >= 11 is 0. The van der Waals surface area contributed by atoms with E-state index in [1.165, 1.54) is 11.1 Å². The Balaban J connectivity index is 1.51. The number of hydrogen-bond donors (Lipinski definition) is 0. The number of nitrogens with zero attached hydrogens (tertiary/aromatic N) is 5. The Morgan fingerprint density at radius 3 is 2.41 bits per heavy atom. The van der Waals surface area contributed by atoms with Gasteiger partial charge in [-0.15, -0.1) is 0 Å². The first-order valence-corrected chi connectivity index (χ1v) is 7.70. The van der Waals surface area contributed by atoms with E-state index >= 15 is 0 Å². The van der Waals surface area contributed by atoms with Gasteiger partial charge >= 0.3 is 0 Å². The Hall–Kier alpha value is -2.16. The van der Waals surface area contributed by atoms with Gasteiger partial charge in [0.25, 0.3) is 0 Å². The minimum Gasteiger partial charge on any atom is -0.296 e. The predicted molar refractivity (Wildman–Crippen MR) is 85.1 cm³/mol. The largest absolute Gasteiger partial charge is 0.296 e. The first-order valence-electron chi connectivity index (χ1n) is 7.70. The first-order chi connectivity index (χ1) is 10.8. The lowest BCUT2D eigenvalue weighted by Gasteiger charge is -2.32. The summed E-state index contributed by atoms with van der Waals surface area (Å²) in [5, 5.41) is 13.2. The minimum absolute atomic E-state index is 0.544. The lowest BCUT2D eigenvalue weighted by atomic mass is 10.2. The molecule has 3 rings (SSSR count). The molecule has 1 aliphatic rings. The molecule has 2 heterocycles. The van der Waals surface area contributed by atoms with Gasteiger partial charge in [-0.1, -0.05) is 30.3 Å². The van der Waals surface area contributed by atoms with Gasteiger partial charge in [-0.25, -0.2) is 0 Å². The Labute approximate surface area is 131 Å². The average molecular weight is 295 g/mol. The third-order valence-electron chi connectivity index (χ3n) is 4.04. The van der Waals surface area contributed by atoms with E-state index in [1.807, 2.05) is 16.9 Å². The zero-order valence-electron chi connectivity index (χ0n) is 12.7. The molecule has 2 aromatic rings. The number of rotatable bonds is 5. The van der Waals surface area contributed by atoms with Crippen LogP contribution in [0.1, 0.15) is 11.1 Å². The van der Waals surface area contributed by atoms with Gasteiger partial charge in [0.15, 0.2) is 0 Å². The summed E-state index contributed by atoms with van der Waals surface area (Å²) in [6, 6.07) is 12.6. The van der Waals surface area contributed by atoms with E-state index in [0.29, 0.717) is 6.54 Å². The monoisotopic (exact) mass is 295 g/mol. The standard InChI is InChI=1S/C17H21N5/c18-6-7-20-8-10-21(11-9-20)13-17-12-19-22(15-17)14-16-4-2-1-3-5-16/h1-5,12,15H,7-11,13-14H2. The summed E-state index contributed by atoms with van der Waals surface area (Å²) in [5.74, 6) is 0. The van der Waals surface area contributed by atoms with Crippen molar-refractivity contribution in [3.8, 4) is 6.07 Å². The maximum absolute atomic E-state index is 8.73. The molecular weight excluding hydrogens is 274 g/mol. The van der Waals surface area contributed by atoms with Crippen molar-refractivity contribution in [1.82, 2.24) is 19.6 Å². The highest BCUT2D eigenvalue weighted by Gasteiger charge is 2.16. The van der Waals surface area contributed by atoms with Gasteiger partial charge < -0.3 is 0 Å². The fourth-order valence-corrected chi connectivity index (χ4v) is 2.81. The normalized spacial score (nSPS) is 16.5. The second-order valence-electron chi connectivity index (χ2n) is 5.74. The predicted octanol–water partition coefficient (Wildman–Crippen LogP) is 1.57. The highest BCUT2D eigenvalue weighted by atomic mass is 15.3. The summed E-state index contributed by atoms with van der Waals surface area (Å²) in [6.45, 7) is 6.29. The molecule has 0 saturated carbocycles. The van der Waals surface area contributed by atoms with E-state index in [-0.39, 0.29) is 0 Å². The molecule has 114 valence electrons. The van der Waals surface area contributed by atoms with Crippen molar-refractivity contribution in [2.24, 2.45) is 0 Å². The maximum atomic E-state index is 8.73. The molecule has 1 aliphatic heterocycles. The zero-order chi connectivity index (χ0) is 15.2. The van der Waals surface area contributed by atoms with E-state index in [2.05, 4.69) is 51.4 Å². The van der Waals surface area contributed by atoms with E-state index in [1.54, 1.807) is 0 Å². The molecular formula is C17H21N5. The van der Waals surface area contributed by atoms with Gasteiger partial charge in [0.2, 0.25) is 0 Å². The van der Waals surface area contributed by atoms with Crippen LogP contribution in [0, 0.1) is 11.3 Å². The van der Waals surface area contributed by atoms with Crippen LogP contribution in [-0.2, 0) is 13.1 Å². The number of piperazine rings is 1. The summed E-state index contributed by atoms with van der Waals surface area (Å²) in [4.78, 5) is 4.63. The van der Waals surface area contributed by atoms with Crippen molar-refractivity contribution in [1.29, 1.82) is 5.26 Å². The summed E-state index contributed by atoms with van der Waals surface area (Å²) in [5.41, 5.74) is 2.52. The van der Waals surface area contributed by atoms with Crippen LogP contribution in [0.4, 0.5) is 0 Å². The molecule has 5 nitrogen and oxygen atoms in total. The molecule has 22 heavy (non-hydrogen) atoms. The highest BCUT2D eigenvalue weighted by Crippen LogP contribution is 2.09. The summed E-state index contributed by atoms with van der Waals surface area (Å²) in [7, 11) is 0. The molecule has 1 saturated heterocycles. The number of aromatic nitrogens is 2. The van der Waals surface area contributed by atoms with Crippen LogP contribution < -0.4 is 0 Å². The van der Waals surface area contributed by atoms with Crippen molar-refractivity contribution in [3.05, 3.63) is 53.9 Å². The third kappa shape index (κ3) is 3.94. The lowest BCUT2D eigenvalue weighted by molar-refractivity contribution is 0.138.